The monoisotopic (exact) mass is 516 g/mol. The molecule has 0 unspecified atom stereocenters. The Hall–Kier alpha value is -2.26. The molecule has 1 amide bonds. The van der Waals surface area contributed by atoms with Crippen LogP contribution in [0.4, 0.5) is 0 Å². The molecule has 0 aromatic heterocycles. The number of aliphatic carboxylic acids is 1. The Kier molecular flexibility index (Phi) is 6.54. The number of hydrogen-bond acceptors (Lipinski definition) is 7. The van der Waals surface area contributed by atoms with Crippen molar-refractivity contribution in [1.29, 1.82) is 0 Å². The first-order chi connectivity index (χ1) is 17.4. The maximum Gasteiger partial charge on any atom is 0.326 e. The number of hydrogen-bond donors (Lipinski definition) is 3. The van der Waals surface area contributed by atoms with Crippen molar-refractivity contribution in [3.63, 3.8) is 0 Å². The molecule has 1 heterocycles. The van der Waals surface area contributed by atoms with Crippen LogP contribution in [0.5, 0.6) is 0 Å². The van der Waals surface area contributed by atoms with E-state index in [1.54, 1.807) is 6.92 Å². The van der Waals surface area contributed by atoms with Crippen molar-refractivity contribution in [3.05, 3.63) is 11.6 Å². The first-order valence-corrected chi connectivity index (χ1v) is 13.7. The van der Waals surface area contributed by atoms with Gasteiger partial charge in [0.25, 0.3) is 5.91 Å². The van der Waals surface area contributed by atoms with Crippen LogP contribution in [0.15, 0.2) is 16.8 Å². The maximum absolute atomic E-state index is 12.5. The minimum atomic E-state index is -1.20. The molecule has 1 aliphatic heterocycles. The highest BCUT2D eigenvalue weighted by molar-refractivity contribution is 5.96. The van der Waals surface area contributed by atoms with Gasteiger partial charge in [0, 0.05) is 18.4 Å². The van der Waals surface area contributed by atoms with E-state index in [-0.39, 0.29) is 36.2 Å². The van der Waals surface area contributed by atoms with Gasteiger partial charge < -0.3 is 25.1 Å². The van der Waals surface area contributed by atoms with Crippen molar-refractivity contribution in [2.24, 2.45) is 33.7 Å². The molecular formula is C28H40N2O7. The normalized spacial score (nSPS) is 44.0. The van der Waals surface area contributed by atoms with Crippen LogP contribution in [0.25, 0.3) is 0 Å². The Bertz CT molecular complexity index is 1060. The Morgan fingerprint density at radius 1 is 1.11 bits per heavy atom. The van der Waals surface area contributed by atoms with Gasteiger partial charge in [-0.1, -0.05) is 24.6 Å². The van der Waals surface area contributed by atoms with E-state index in [0.29, 0.717) is 24.2 Å². The minimum absolute atomic E-state index is 0.00938. The molecule has 1 saturated heterocycles. The van der Waals surface area contributed by atoms with Gasteiger partial charge in [-0.25, -0.2) is 4.79 Å². The van der Waals surface area contributed by atoms with Gasteiger partial charge in [0.2, 0.25) is 0 Å². The van der Waals surface area contributed by atoms with Gasteiger partial charge in [0.15, 0.2) is 12.4 Å². The largest absolute Gasteiger partial charge is 0.480 e. The number of carbonyl (C=O) groups excluding carboxylic acids is 2. The zero-order valence-corrected chi connectivity index (χ0v) is 22.1. The van der Waals surface area contributed by atoms with Crippen LogP contribution >= 0.6 is 0 Å². The average molecular weight is 517 g/mol. The molecule has 5 rings (SSSR count). The molecule has 0 aromatic carbocycles. The molecule has 0 bridgehead atoms. The number of aliphatic hydroxyl groups excluding tert-OH is 1. The number of allylic oxidation sites excluding steroid dienone is 2. The van der Waals surface area contributed by atoms with E-state index in [1.165, 1.54) is 5.57 Å². The van der Waals surface area contributed by atoms with Crippen LogP contribution < -0.4 is 0 Å². The van der Waals surface area contributed by atoms with E-state index in [9.17, 15) is 29.7 Å². The molecule has 204 valence electrons. The second kappa shape index (κ2) is 9.19. The van der Waals surface area contributed by atoms with Crippen molar-refractivity contribution < 1.29 is 34.5 Å². The fraction of sp³-hybridized carbons (Fsp3) is 0.786. The SMILES string of the molecule is CC(=O)[C@@]1(O)CC[C@H]2[C@@H]3CCC4=CC(=NOCC(=O)N5C[C@@H](O)C[C@@H]5C(=O)O)CC[C@]4(C)[C@H]3CC[C@@]21C. The summed E-state index contributed by atoms with van der Waals surface area (Å²) in [4.78, 5) is 42.8. The van der Waals surface area contributed by atoms with Crippen LogP contribution in [-0.2, 0) is 19.2 Å². The summed E-state index contributed by atoms with van der Waals surface area (Å²) >= 11 is 0. The fourth-order valence-electron chi connectivity index (χ4n) is 8.81. The van der Waals surface area contributed by atoms with Crippen molar-refractivity contribution in [3.8, 4) is 0 Å². The average Bonchev–Trinajstić information content (AvgIpc) is 3.37. The van der Waals surface area contributed by atoms with Crippen LogP contribution in [0.1, 0.15) is 78.6 Å². The van der Waals surface area contributed by atoms with Crippen LogP contribution in [-0.4, -0.2) is 74.5 Å². The molecule has 37 heavy (non-hydrogen) atoms. The van der Waals surface area contributed by atoms with Gasteiger partial charge in [0.05, 0.1) is 11.8 Å². The van der Waals surface area contributed by atoms with E-state index < -0.39 is 29.6 Å². The van der Waals surface area contributed by atoms with Crippen molar-refractivity contribution >= 4 is 23.4 Å². The highest BCUT2D eigenvalue weighted by Crippen LogP contribution is 2.67. The van der Waals surface area contributed by atoms with Crippen LogP contribution in [0, 0.1) is 28.6 Å². The van der Waals surface area contributed by atoms with Crippen LogP contribution in [0.3, 0.4) is 0 Å². The summed E-state index contributed by atoms with van der Waals surface area (Å²) in [7, 11) is 0. The lowest BCUT2D eigenvalue weighted by Crippen LogP contribution is -2.57. The van der Waals surface area contributed by atoms with E-state index in [0.717, 1.165) is 55.6 Å². The molecule has 0 radical (unpaired) electrons. The highest BCUT2D eigenvalue weighted by Gasteiger charge is 2.65. The predicted molar refractivity (Wildman–Crippen MR) is 134 cm³/mol. The van der Waals surface area contributed by atoms with Crippen molar-refractivity contribution in [1.82, 2.24) is 4.90 Å². The molecule has 8 atom stereocenters. The number of ketones is 1. The minimum Gasteiger partial charge on any atom is -0.480 e. The molecular weight excluding hydrogens is 476 g/mol. The number of fused-ring (bicyclic) bond motifs is 5. The van der Waals surface area contributed by atoms with Crippen molar-refractivity contribution in [2.45, 2.75) is 96.3 Å². The van der Waals surface area contributed by atoms with Gasteiger partial charge in [0.1, 0.15) is 11.6 Å². The molecule has 3 saturated carbocycles. The first-order valence-electron chi connectivity index (χ1n) is 13.7. The number of carbonyl (C=O) groups is 3. The van der Waals surface area contributed by atoms with Gasteiger partial charge >= 0.3 is 5.97 Å². The second-order valence-corrected chi connectivity index (χ2v) is 12.6. The third-order valence-electron chi connectivity index (χ3n) is 11.0. The summed E-state index contributed by atoms with van der Waals surface area (Å²) in [5.41, 5.74) is 0.673. The predicted octanol–water partition coefficient (Wildman–Crippen LogP) is 2.69. The van der Waals surface area contributed by atoms with Gasteiger partial charge in [-0.05, 0) is 87.5 Å². The molecule has 0 spiro atoms. The number of rotatable bonds is 5. The molecule has 9 heteroatoms. The Morgan fingerprint density at radius 3 is 2.54 bits per heavy atom. The number of Topliss-reactive ketones (excluding diaryl/α,β-unsaturated/α-hetero) is 1. The first kappa shape index (κ1) is 26.4. The lowest BCUT2D eigenvalue weighted by Gasteiger charge is -2.59. The number of β-amino-alcohol motifs (C(OH)–C–C–N with tert-alkyl or cyclic N) is 1. The number of carboxylic acids is 1. The van der Waals surface area contributed by atoms with Crippen LogP contribution in [0.2, 0.25) is 0 Å². The topological polar surface area (TPSA) is 137 Å². The Labute approximate surface area is 217 Å². The maximum atomic E-state index is 12.5. The number of carboxylic acid groups (broad SMARTS) is 1. The highest BCUT2D eigenvalue weighted by atomic mass is 16.6. The third-order valence-corrected chi connectivity index (χ3v) is 11.0. The summed E-state index contributed by atoms with van der Waals surface area (Å²) in [6.07, 6.45) is 8.33. The zero-order chi connectivity index (χ0) is 26.8. The van der Waals surface area contributed by atoms with Gasteiger partial charge in [-0.2, -0.15) is 0 Å². The third kappa shape index (κ3) is 4.04. The van der Waals surface area contributed by atoms with E-state index in [1.807, 2.05) is 0 Å². The lowest BCUT2D eigenvalue weighted by molar-refractivity contribution is -0.159. The summed E-state index contributed by atoms with van der Waals surface area (Å²) < 4.78 is 0. The van der Waals surface area contributed by atoms with E-state index in [4.69, 9.17) is 4.84 Å². The molecule has 4 fully saturated rings. The number of likely N-dealkylation sites (tertiary alicyclic amines) is 1. The number of nitrogens with zero attached hydrogens (tertiary/aromatic N) is 2. The van der Waals surface area contributed by atoms with Gasteiger partial charge in [-0.15, -0.1) is 0 Å². The number of amides is 1. The molecule has 5 aliphatic rings. The van der Waals surface area contributed by atoms with Gasteiger partial charge in [-0.3, -0.25) is 9.59 Å². The summed E-state index contributed by atoms with van der Waals surface area (Å²) in [5.74, 6) is -0.334. The summed E-state index contributed by atoms with van der Waals surface area (Å²) in [5, 5.41) is 34.6. The smallest absolute Gasteiger partial charge is 0.326 e. The quantitative estimate of drug-likeness (QED) is 0.478. The van der Waals surface area contributed by atoms with E-state index in [2.05, 4.69) is 25.1 Å². The standard InChI is InChI=1S/C28H40N2O7/c1-16(31)28(36)11-8-22-20-5-4-17-12-18(6-9-26(17,2)21(20)7-10-27(22,28)3)29-37-15-24(33)30-14-19(32)13-23(30)25(34)35/h12,19-23,32,36H,4-11,13-15H2,1-3H3,(H,34,35)/t19-,20+,21-,22-,23+,26-,27-,28-/m0/s1. The zero-order valence-electron chi connectivity index (χ0n) is 22.1. The molecule has 4 aliphatic carbocycles. The number of aliphatic hydroxyl groups is 2. The molecule has 9 nitrogen and oxygen atoms in total. The second-order valence-electron chi connectivity index (χ2n) is 12.6. The summed E-state index contributed by atoms with van der Waals surface area (Å²) in [6, 6.07) is -1.03. The lowest BCUT2D eigenvalue weighted by atomic mass is 9.46. The Balaban J connectivity index is 1.26. The molecule has 0 aromatic rings. The molecule has 3 N–H and O–H groups in total. The fourth-order valence-corrected chi connectivity index (χ4v) is 8.81. The van der Waals surface area contributed by atoms with Crippen molar-refractivity contribution in [2.75, 3.05) is 13.2 Å². The van der Waals surface area contributed by atoms with E-state index >= 15 is 0 Å². The number of oxime groups is 1. The Morgan fingerprint density at radius 2 is 1.84 bits per heavy atom. The summed E-state index contributed by atoms with van der Waals surface area (Å²) in [6.45, 7) is 5.67.